The average molecular weight is 319 g/mol. The van der Waals surface area contributed by atoms with E-state index in [1.165, 1.54) is 43.3 Å². The number of hydrogen-bond donors (Lipinski definition) is 0. The van der Waals surface area contributed by atoms with Gasteiger partial charge >= 0.3 is 11.9 Å². The molecular weight excluding hydrogens is 306 g/mol. The lowest BCUT2D eigenvalue weighted by molar-refractivity contribution is -0.385. The minimum atomic E-state index is -0.672. The number of nitrogens with zero attached hydrogens (tertiary/aromatic N) is 3. The number of methoxy groups -OCH3 is 2. The Morgan fingerprint density at radius 2 is 1.91 bits per heavy atom. The number of benzene rings is 1. The van der Waals surface area contributed by atoms with Crippen LogP contribution in [0.25, 0.3) is 0 Å². The molecule has 0 bridgehead atoms. The van der Waals surface area contributed by atoms with E-state index in [1.807, 2.05) is 0 Å². The third-order valence-electron chi connectivity index (χ3n) is 3.13. The topological polar surface area (TPSA) is 114 Å². The zero-order valence-corrected chi connectivity index (χ0v) is 12.4. The van der Waals surface area contributed by atoms with Gasteiger partial charge in [0.2, 0.25) is 0 Å². The first kappa shape index (κ1) is 16.1. The van der Waals surface area contributed by atoms with Crippen molar-refractivity contribution in [3.05, 3.63) is 57.4 Å². The SMILES string of the molecule is COC(=O)c1ccc(Cn2nccc2C(=O)OC)c([N+](=O)[O-])c1. The second-order valence-electron chi connectivity index (χ2n) is 4.46. The Balaban J connectivity index is 2.40. The van der Waals surface area contributed by atoms with Crippen LogP contribution in [0.2, 0.25) is 0 Å². The lowest BCUT2D eigenvalue weighted by Gasteiger charge is -2.08. The van der Waals surface area contributed by atoms with Crippen molar-refractivity contribution in [1.82, 2.24) is 9.78 Å². The van der Waals surface area contributed by atoms with Crippen LogP contribution >= 0.6 is 0 Å². The lowest BCUT2D eigenvalue weighted by atomic mass is 10.1. The summed E-state index contributed by atoms with van der Waals surface area (Å²) in [6, 6.07) is 5.41. The molecule has 1 aromatic heterocycles. The number of ether oxygens (including phenoxy) is 2. The molecule has 0 saturated carbocycles. The zero-order valence-electron chi connectivity index (χ0n) is 12.4. The normalized spacial score (nSPS) is 10.2. The fourth-order valence-corrected chi connectivity index (χ4v) is 2.01. The number of carbonyl (C=O) groups is 2. The minimum absolute atomic E-state index is 0.0187. The van der Waals surface area contributed by atoms with Crippen LogP contribution in [0.4, 0.5) is 5.69 Å². The molecule has 1 aromatic carbocycles. The van der Waals surface area contributed by atoms with Gasteiger partial charge in [0, 0.05) is 12.3 Å². The number of aromatic nitrogens is 2. The first-order chi connectivity index (χ1) is 11.0. The molecule has 0 saturated heterocycles. The van der Waals surface area contributed by atoms with Crippen LogP contribution in [0.3, 0.4) is 0 Å². The summed E-state index contributed by atoms with van der Waals surface area (Å²) in [6.07, 6.45) is 1.39. The van der Waals surface area contributed by atoms with Crippen LogP contribution < -0.4 is 0 Å². The maximum absolute atomic E-state index is 11.6. The van der Waals surface area contributed by atoms with Crippen LogP contribution in [0.15, 0.2) is 30.5 Å². The van der Waals surface area contributed by atoms with E-state index >= 15 is 0 Å². The highest BCUT2D eigenvalue weighted by atomic mass is 16.6. The van der Waals surface area contributed by atoms with Crippen LogP contribution in [-0.2, 0) is 16.0 Å². The first-order valence-electron chi connectivity index (χ1n) is 6.43. The van der Waals surface area contributed by atoms with Crippen LogP contribution in [0, 0.1) is 10.1 Å². The van der Waals surface area contributed by atoms with Crippen LogP contribution in [0.5, 0.6) is 0 Å². The summed E-state index contributed by atoms with van der Waals surface area (Å²) in [4.78, 5) is 33.7. The van der Waals surface area contributed by atoms with Crippen molar-refractivity contribution in [1.29, 1.82) is 0 Å². The number of hydrogen-bond acceptors (Lipinski definition) is 7. The Hall–Kier alpha value is -3.23. The highest BCUT2D eigenvalue weighted by molar-refractivity contribution is 5.90. The number of rotatable bonds is 5. The summed E-state index contributed by atoms with van der Waals surface area (Å²) in [7, 11) is 2.42. The molecule has 0 aliphatic rings. The van der Waals surface area contributed by atoms with Gasteiger partial charge in [-0.15, -0.1) is 0 Å². The molecule has 23 heavy (non-hydrogen) atoms. The van der Waals surface area contributed by atoms with Crippen LogP contribution in [-0.4, -0.2) is 40.9 Å². The highest BCUT2D eigenvalue weighted by Gasteiger charge is 2.20. The zero-order chi connectivity index (χ0) is 17.0. The largest absolute Gasteiger partial charge is 0.465 e. The number of carbonyl (C=O) groups excluding carboxylic acids is 2. The summed E-state index contributed by atoms with van der Waals surface area (Å²) in [5.74, 6) is -1.27. The predicted molar refractivity (Wildman–Crippen MR) is 77.1 cm³/mol. The molecule has 0 aliphatic heterocycles. The van der Waals surface area contributed by atoms with E-state index in [-0.39, 0.29) is 29.1 Å². The van der Waals surface area contributed by atoms with E-state index in [2.05, 4.69) is 14.6 Å². The molecule has 0 N–H and O–H groups in total. The van der Waals surface area contributed by atoms with E-state index < -0.39 is 16.9 Å². The summed E-state index contributed by atoms with van der Waals surface area (Å²) < 4.78 is 10.4. The maximum atomic E-state index is 11.6. The van der Waals surface area contributed by atoms with E-state index in [0.717, 1.165) is 6.07 Å². The van der Waals surface area contributed by atoms with Crippen molar-refractivity contribution in [2.75, 3.05) is 14.2 Å². The quantitative estimate of drug-likeness (QED) is 0.465. The van der Waals surface area contributed by atoms with Gasteiger partial charge in [-0.1, -0.05) is 0 Å². The Labute approximate surface area is 130 Å². The summed E-state index contributed by atoms with van der Waals surface area (Å²) in [5, 5.41) is 15.2. The smallest absolute Gasteiger partial charge is 0.356 e. The van der Waals surface area contributed by atoms with Crippen molar-refractivity contribution in [2.24, 2.45) is 0 Å². The third kappa shape index (κ3) is 3.34. The van der Waals surface area contributed by atoms with Gasteiger partial charge < -0.3 is 9.47 Å². The predicted octanol–water partition coefficient (Wildman–Crippen LogP) is 1.41. The number of esters is 2. The molecule has 9 heteroatoms. The van der Waals surface area contributed by atoms with E-state index in [9.17, 15) is 19.7 Å². The molecule has 9 nitrogen and oxygen atoms in total. The van der Waals surface area contributed by atoms with Gasteiger partial charge in [-0.2, -0.15) is 5.10 Å². The molecule has 0 amide bonds. The first-order valence-corrected chi connectivity index (χ1v) is 6.43. The van der Waals surface area contributed by atoms with Crippen molar-refractivity contribution in [2.45, 2.75) is 6.54 Å². The summed E-state index contributed by atoms with van der Waals surface area (Å²) >= 11 is 0. The van der Waals surface area contributed by atoms with E-state index in [1.54, 1.807) is 0 Å². The third-order valence-corrected chi connectivity index (χ3v) is 3.13. The summed E-state index contributed by atoms with van der Waals surface area (Å²) in [5.41, 5.74) is 0.256. The molecular formula is C14H13N3O6. The van der Waals surface area contributed by atoms with Crippen LogP contribution in [0.1, 0.15) is 26.4 Å². The van der Waals surface area contributed by atoms with Crippen molar-refractivity contribution >= 4 is 17.6 Å². The molecule has 120 valence electrons. The monoisotopic (exact) mass is 319 g/mol. The molecule has 0 fully saturated rings. The maximum Gasteiger partial charge on any atom is 0.356 e. The fourth-order valence-electron chi connectivity index (χ4n) is 2.01. The van der Waals surface area contributed by atoms with Crippen molar-refractivity contribution in [3.8, 4) is 0 Å². The fraction of sp³-hybridized carbons (Fsp3) is 0.214. The van der Waals surface area contributed by atoms with Crippen molar-refractivity contribution < 1.29 is 24.0 Å². The molecule has 1 heterocycles. The van der Waals surface area contributed by atoms with Gasteiger partial charge in [0.25, 0.3) is 5.69 Å². The van der Waals surface area contributed by atoms with E-state index in [4.69, 9.17) is 0 Å². The molecule has 2 aromatic rings. The second-order valence-corrected chi connectivity index (χ2v) is 4.46. The molecule has 0 spiro atoms. The van der Waals surface area contributed by atoms with Gasteiger partial charge in [0.1, 0.15) is 5.69 Å². The molecule has 0 aliphatic carbocycles. The van der Waals surface area contributed by atoms with Gasteiger partial charge in [-0.3, -0.25) is 14.8 Å². The lowest BCUT2D eigenvalue weighted by Crippen LogP contribution is -2.14. The Kier molecular flexibility index (Phi) is 4.69. The average Bonchev–Trinajstić information content (AvgIpc) is 3.01. The Bertz CT molecular complexity index is 768. The second kappa shape index (κ2) is 6.69. The molecule has 0 unspecified atom stereocenters. The summed E-state index contributed by atoms with van der Waals surface area (Å²) in [6.45, 7) is -0.0187. The van der Waals surface area contributed by atoms with Gasteiger partial charge in [0.15, 0.2) is 0 Å². The van der Waals surface area contributed by atoms with Gasteiger partial charge in [-0.05, 0) is 18.2 Å². The minimum Gasteiger partial charge on any atom is -0.465 e. The van der Waals surface area contributed by atoms with Gasteiger partial charge in [0.05, 0.1) is 36.8 Å². The van der Waals surface area contributed by atoms with Gasteiger partial charge in [-0.25, -0.2) is 9.59 Å². The highest BCUT2D eigenvalue weighted by Crippen LogP contribution is 2.22. The number of nitro groups is 1. The van der Waals surface area contributed by atoms with E-state index in [0.29, 0.717) is 0 Å². The Morgan fingerprint density at radius 1 is 1.22 bits per heavy atom. The molecule has 2 rings (SSSR count). The number of nitro benzene ring substituents is 1. The molecule has 0 atom stereocenters. The molecule has 0 radical (unpaired) electrons. The van der Waals surface area contributed by atoms with Crippen molar-refractivity contribution in [3.63, 3.8) is 0 Å². The Morgan fingerprint density at radius 3 is 2.52 bits per heavy atom. The standard InChI is InChI=1S/C14H13N3O6/c1-22-13(18)9-3-4-10(12(7-9)17(20)21)8-16-11(5-6-15-16)14(19)23-2/h3-7H,8H2,1-2H3.